The number of hydrogen-bond donors (Lipinski definition) is 2. The highest BCUT2D eigenvalue weighted by Gasteiger charge is 2.14. The molecule has 0 fully saturated rings. The summed E-state index contributed by atoms with van der Waals surface area (Å²) < 4.78 is 0. The van der Waals surface area contributed by atoms with Crippen molar-refractivity contribution in [2.24, 2.45) is 0 Å². The van der Waals surface area contributed by atoms with Crippen LogP contribution < -0.4 is 5.32 Å². The lowest BCUT2D eigenvalue weighted by Gasteiger charge is -2.01. The number of hydrogen-bond acceptors (Lipinski definition) is 3. The Bertz CT molecular complexity index is 296. The van der Waals surface area contributed by atoms with Gasteiger partial charge in [0.2, 0.25) is 0 Å². The van der Waals surface area contributed by atoms with E-state index in [9.17, 15) is 0 Å². The number of nitrogens with zero attached hydrogens (tertiary/aromatic N) is 1. The first kappa shape index (κ1) is 9.90. The summed E-state index contributed by atoms with van der Waals surface area (Å²) in [6, 6.07) is 0. The molecule has 3 nitrogen and oxygen atoms in total. The van der Waals surface area contributed by atoms with E-state index in [2.05, 4.69) is 21.8 Å². The molecule has 14 heavy (non-hydrogen) atoms. The molecule has 0 bridgehead atoms. The number of rotatable bonds is 3. The van der Waals surface area contributed by atoms with E-state index < -0.39 is 0 Å². The van der Waals surface area contributed by atoms with Crippen LogP contribution in [0.25, 0.3) is 0 Å². The Balaban J connectivity index is 2.12. The zero-order valence-corrected chi connectivity index (χ0v) is 9.41. The molecule has 2 heterocycles. The van der Waals surface area contributed by atoms with Gasteiger partial charge in [-0.2, -0.15) is 16.9 Å². The normalized spacial score (nSPS) is 15.8. The predicted molar refractivity (Wildman–Crippen MR) is 62.1 cm³/mol. The van der Waals surface area contributed by atoms with Crippen molar-refractivity contribution in [1.29, 1.82) is 0 Å². The molecule has 1 aliphatic heterocycles. The second-order valence-corrected chi connectivity index (χ2v) is 4.64. The highest BCUT2D eigenvalue weighted by Crippen LogP contribution is 2.22. The van der Waals surface area contributed by atoms with Gasteiger partial charge in [0.1, 0.15) is 0 Å². The fourth-order valence-corrected chi connectivity index (χ4v) is 2.27. The summed E-state index contributed by atoms with van der Waals surface area (Å²) in [5.41, 5.74) is 2.76. The van der Waals surface area contributed by atoms with Crippen LogP contribution in [0.1, 0.15) is 24.1 Å². The lowest BCUT2D eigenvalue weighted by molar-refractivity contribution is 0.774. The van der Waals surface area contributed by atoms with E-state index in [4.69, 9.17) is 0 Å². The van der Waals surface area contributed by atoms with Crippen LogP contribution in [0.2, 0.25) is 0 Å². The van der Waals surface area contributed by atoms with Gasteiger partial charge in [-0.3, -0.25) is 5.10 Å². The number of anilines is 1. The van der Waals surface area contributed by atoms with Crippen LogP contribution in [0.3, 0.4) is 0 Å². The van der Waals surface area contributed by atoms with Gasteiger partial charge in [-0.25, -0.2) is 0 Å². The average Bonchev–Trinajstić information content (AvgIpc) is 2.45. The minimum atomic E-state index is 1.07. The minimum absolute atomic E-state index is 1.07. The summed E-state index contributed by atoms with van der Waals surface area (Å²) in [6.07, 6.45) is 6.99. The summed E-state index contributed by atoms with van der Waals surface area (Å²) in [5, 5.41) is 10.8. The van der Waals surface area contributed by atoms with Crippen LogP contribution in [-0.4, -0.2) is 28.8 Å². The molecular formula is C10H17N3S. The van der Waals surface area contributed by atoms with Gasteiger partial charge in [0.05, 0.1) is 0 Å². The van der Waals surface area contributed by atoms with E-state index in [0.29, 0.717) is 0 Å². The first-order valence-corrected chi connectivity index (χ1v) is 6.60. The third-order valence-corrected chi connectivity index (χ3v) is 3.27. The molecule has 4 heteroatoms. The number of aromatic nitrogens is 2. The van der Waals surface area contributed by atoms with Crippen molar-refractivity contribution >= 4 is 17.6 Å². The Morgan fingerprint density at radius 1 is 1.43 bits per heavy atom. The van der Waals surface area contributed by atoms with Gasteiger partial charge < -0.3 is 5.32 Å². The Hall–Kier alpha value is -0.640. The van der Waals surface area contributed by atoms with Crippen LogP contribution in [0.15, 0.2) is 0 Å². The monoisotopic (exact) mass is 211 g/mol. The Morgan fingerprint density at radius 2 is 2.36 bits per heavy atom. The van der Waals surface area contributed by atoms with Crippen LogP contribution in [-0.2, 0) is 12.8 Å². The summed E-state index contributed by atoms with van der Waals surface area (Å²) >= 11 is 1.89. The van der Waals surface area contributed by atoms with Crippen LogP contribution >= 0.6 is 11.8 Å². The van der Waals surface area contributed by atoms with Crippen LogP contribution in [0.5, 0.6) is 0 Å². The molecule has 2 rings (SSSR count). The SMILES string of the molecule is CSCCc1[nH]nc2c1CCCCN2. The van der Waals surface area contributed by atoms with E-state index in [0.717, 1.165) is 18.8 Å². The highest BCUT2D eigenvalue weighted by atomic mass is 32.2. The largest absolute Gasteiger partial charge is 0.368 e. The summed E-state index contributed by atoms with van der Waals surface area (Å²) in [6.45, 7) is 1.07. The second-order valence-electron chi connectivity index (χ2n) is 3.66. The third kappa shape index (κ3) is 2.05. The molecule has 1 aromatic rings. The lowest BCUT2D eigenvalue weighted by atomic mass is 10.1. The summed E-state index contributed by atoms with van der Waals surface area (Å²) in [7, 11) is 0. The van der Waals surface area contributed by atoms with Crippen LogP contribution in [0, 0.1) is 0 Å². The third-order valence-electron chi connectivity index (χ3n) is 2.65. The van der Waals surface area contributed by atoms with Gasteiger partial charge in [0.15, 0.2) is 5.82 Å². The maximum atomic E-state index is 4.32. The fraction of sp³-hybridized carbons (Fsp3) is 0.700. The summed E-state index contributed by atoms with van der Waals surface area (Å²) in [5.74, 6) is 2.27. The number of H-pyrrole nitrogens is 1. The second kappa shape index (κ2) is 4.73. The van der Waals surface area contributed by atoms with Crippen molar-refractivity contribution in [2.45, 2.75) is 25.7 Å². The van der Waals surface area contributed by atoms with Gasteiger partial charge in [0.25, 0.3) is 0 Å². The standard InChI is InChI=1S/C10H17N3S/c1-14-7-5-9-8-4-2-3-6-11-10(8)13-12-9/h2-7H2,1H3,(H2,11,12,13). The van der Waals surface area contributed by atoms with Crippen molar-refractivity contribution in [1.82, 2.24) is 10.2 Å². The van der Waals surface area contributed by atoms with Crippen molar-refractivity contribution < 1.29 is 0 Å². The molecule has 1 aliphatic rings. The molecule has 2 N–H and O–H groups in total. The van der Waals surface area contributed by atoms with Gasteiger partial charge in [-0.15, -0.1) is 0 Å². The van der Waals surface area contributed by atoms with E-state index in [1.807, 2.05) is 11.8 Å². The van der Waals surface area contributed by atoms with Crippen molar-refractivity contribution in [3.05, 3.63) is 11.3 Å². The molecule has 1 aromatic heterocycles. The van der Waals surface area contributed by atoms with Gasteiger partial charge in [-0.05, 0) is 37.7 Å². The maximum Gasteiger partial charge on any atom is 0.151 e. The number of aromatic amines is 1. The molecule has 0 spiro atoms. The molecule has 0 radical (unpaired) electrons. The van der Waals surface area contributed by atoms with Crippen LogP contribution in [0.4, 0.5) is 5.82 Å². The Kier molecular flexibility index (Phi) is 3.35. The quantitative estimate of drug-likeness (QED) is 0.804. The van der Waals surface area contributed by atoms with E-state index in [1.54, 1.807) is 0 Å². The van der Waals surface area contributed by atoms with Crippen molar-refractivity contribution in [2.75, 3.05) is 23.9 Å². The lowest BCUT2D eigenvalue weighted by Crippen LogP contribution is -1.99. The highest BCUT2D eigenvalue weighted by molar-refractivity contribution is 7.98. The minimum Gasteiger partial charge on any atom is -0.368 e. The smallest absolute Gasteiger partial charge is 0.151 e. The molecule has 0 unspecified atom stereocenters. The van der Waals surface area contributed by atoms with Crippen molar-refractivity contribution in [3.8, 4) is 0 Å². The van der Waals surface area contributed by atoms with Gasteiger partial charge in [-0.1, -0.05) is 0 Å². The fourth-order valence-electron chi connectivity index (χ4n) is 1.86. The molecule has 0 saturated carbocycles. The number of aryl methyl sites for hydroxylation is 1. The molecule has 0 aliphatic carbocycles. The Morgan fingerprint density at radius 3 is 3.21 bits per heavy atom. The molecule has 0 saturated heterocycles. The van der Waals surface area contributed by atoms with E-state index in [-0.39, 0.29) is 0 Å². The molecule has 78 valence electrons. The van der Waals surface area contributed by atoms with E-state index in [1.165, 1.54) is 36.3 Å². The molecule has 0 amide bonds. The zero-order valence-electron chi connectivity index (χ0n) is 8.60. The van der Waals surface area contributed by atoms with E-state index >= 15 is 0 Å². The number of thioether (sulfide) groups is 1. The Labute approximate surface area is 89.1 Å². The average molecular weight is 211 g/mol. The predicted octanol–water partition coefficient (Wildman–Crippen LogP) is 2.06. The summed E-state index contributed by atoms with van der Waals surface area (Å²) in [4.78, 5) is 0. The number of fused-ring (bicyclic) bond motifs is 1. The topological polar surface area (TPSA) is 40.7 Å². The van der Waals surface area contributed by atoms with Gasteiger partial charge in [0, 0.05) is 17.8 Å². The molecule has 0 atom stereocenters. The first-order chi connectivity index (χ1) is 6.92. The number of nitrogens with one attached hydrogen (secondary N) is 2. The molecular weight excluding hydrogens is 194 g/mol. The zero-order chi connectivity index (χ0) is 9.80. The molecule has 0 aromatic carbocycles. The van der Waals surface area contributed by atoms with Crippen molar-refractivity contribution in [3.63, 3.8) is 0 Å². The maximum absolute atomic E-state index is 4.32. The first-order valence-electron chi connectivity index (χ1n) is 5.20. The van der Waals surface area contributed by atoms with Gasteiger partial charge >= 0.3 is 0 Å².